The van der Waals surface area contributed by atoms with Crippen LogP contribution in [0.25, 0.3) is 0 Å². The summed E-state index contributed by atoms with van der Waals surface area (Å²) in [6.45, 7) is 4.12. The van der Waals surface area contributed by atoms with E-state index in [4.69, 9.17) is 5.41 Å². The van der Waals surface area contributed by atoms with Gasteiger partial charge in [0, 0.05) is 18.3 Å². The van der Waals surface area contributed by atoms with E-state index in [0.717, 1.165) is 25.7 Å². The lowest BCUT2D eigenvalue weighted by atomic mass is 9.51. The smallest absolute Gasteiger partial charge is 0.176 e. The topological polar surface area (TPSA) is 58.0 Å². The molecule has 0 aliphatic heterocycles. The molecule has 0 aromatic rings. The van der Waals surface area contributed by atoms with Crippen LogP contribution in [-0.4, -0.2) is 17.3 Å². The zero-order chi connectivity index (χ0) is 16.4. The predicted molar refractivity (Wildman–Crippen MR) is 89.3 cm³/mol. The Kier molecular flexibility index (Phi) is 3.40. The van der Waals surface area contributed by atoms with Crippen LogP contribution in [0, 0.1) is 46.3 Å². The molecule has 0 spiro atoms. The normalized spacial score (nSPS) is 48.6. The Morgan fingerprint density at radius 2 is 1.96 bits per heavy atom. The number of nitrogens with one attached hydrogen (secondary N) is 1. The first kappa shape index (κ1) is 15.3. The molecule has 0 heterocycles. The van der Waals surface area contributed by atoms with Gasteiger partial charge in [-0.2, -0.15) is 0 Å². The van der Waals surface area contributed by atoms with E-state index < -0.39 is 0 Å². The van der Waals surface area contributed by atoms with Crippen LogP contribution in [0.3, 0.4) is 0 Å². The Labute approximate surface area is 138 Å². The quantitative estimate of drug-likeness (QED) is 0.748. The molecule has 4 aliphatic carbocycles. The molecule has 0 bridgehead atoms. The average molecular weight is 313 g/mol. The summed E-state index contributed by atoms with van der Waals surface area (Å²) in [5, 5.41) is 8.15. The standard InChI is InChI=1S/C20H27NO2/c1-11(22)16-6-7-17-14-3-4-15-12(5-8-18(23)19(15)21)13(14)9-10-20(16,17)2/h3-4,12-17,21H,5-10H2,1-2H3/t12-,13-,14-,15?,16-,17+,20-/m1/s1. The molecular weight excluding hydrogens is 286 g/mol. The fraction of sp³-hybridized carbons (Fsp3) is 0.750. The number of carbonyl (C=O) groups is 2. The Balaban J connectivity index is 1.66. The zero-order valence-corrected chi connectivity index (χ0v) is 14.2. The van der Waals surface area contributed by atoms with E-state index in [1.165, 1.54) is 6.42 Å². The van der Waals surface area contributed by atoms with Gasteiger partial charge >= 0.3 is 0 Å². The minimum Gasteiger partial charge on any atom is -0.301 e. The van der Waals surface area contributed by atoms with Crippen molar-refractivity contribution in [3.63, 3.8) is 0 Å². The second-order valence-corrected chi connectivity index (χ2v) is 8.58. The van der Waals surface area contributed by atoms with Crippen LogP contribution in [0.15, 0.2) is 12.2 Å². The van der Waals surface area contributed by atoms with Crippen LogP contribution in [-0.2, 0) is 9.59 Å². The number of hydrogen-bond donors (Lipinski definition) is 1. The van der Waals surface area contributed by atoms with Gasteiger partial charge in [-0.25, -0.2) is 0 Å². The van der Waals surface area contributed by atoms with Crippen LogP contribution in [0.5, 0.6) is 0 Å². The Hall–Kier alpha value is -1.25. The summed E-state index contributed by atoms with van der Waals surface area (Å²) in [4.78, 5) is 24.0. The van der Waals surface area contributed by atoms with Crippen molar-refractivity contribution in [3.05, 3.63) is 12.2 Å². The molecule has 0 aromatic heterocycles. The zero-order valence-electron chi connectivity index (χ0n) is 14.2. The van der Waals surface area contributed by atoms with Gasteiger partial charge in [-0.1, -0.05) is 19.1 Å². The maximum absolute atomic E-state index is 12.1. The summed E-state index contributed by atoms with van der Waals surface area (Å²) in [6, 6.07) is 0. The number of hydrogen-bond acceptors (Lipinski definition) is 3. The van der Waals surface area contributed by atoms with Crippen molar-refractivity contribution in [2.75, 3.05) is 0 Å². The fourth-order valence-corrected chi connectivity index (χ4v) is 6.65. The van der Waals surface area contributed by atoms with E-state index in [9.17, 15) is 9.59 Å². The molecule has 3 heteroatoms. The second-order valence-electron chi connectivity index (χ2n) is 8.58. The highest BCUT2D eigenvalue weighted by Crippen LogP contribution is 2.62. The third-order valence-electron chi connectivity index (χ3n) is 7.77. The summed E-state index contributed by atoms with van der Waals surface area (Å²) in [5.74, 6) is 2.99. The monoisotopic (exact) mass is 313 g/mol. The number of carbonyl (C=O) groups excluding carboxylic acids is 2. The van der Waals surface area contributed by atoms with Crippen LogP contribution < -0.4 is 0 Å². The minimum atomic E-state index is 0.0486. The molecule has 23 heavy (non-hydrogen) atoms. The molecule has 7 atom stereocenters. The highest BCUT2D eigenvalue weighted by molar-refractivity contribution is 6.40. The van der Waals surface area contributed by atoms with Crippen LogP contribution in [0.2, 0.25) is 0 Å². The van der Waals surface area contributed by atoms with Crippen LogP contribution in [0.1, 0.15) is 52.4 Å². The van der Waals surface area contributed by atoms with Crippen LogP contribution >= 0.6 is 0 Å². The second kappa shape index (κ2) is 5.12. The Bertz CT molecular complexity index is 607. The number of Topliss-reactive ketones (excluding diaryl/α,β-unsaturated/α-hetero) is 2. The first-order valence-electron chi connectivity index (χ1n) is 9.24. The Morgan fingerprint density at radius 3 is 2.70 bits per heavy atom. The van der Waals surface area contributed by atoms with E-state index in [-0.39, 0.29) is 23.0 Å². The molecule has 1 unspecified atom stereocenters. The highest BCUT2D eigenvalue weighted by Gasteiger charge is 2.57. The maximum Gasteiger partial charge on any atom is 0.176 e. The summed E-state index contributed by atoms with van der Waals surface area (Å²) in [5.41, 5.74) is 0.514. The van der Waals surface area contributed by atoms with Crippen molar-refractivity contribution in [2.24, 2.45) is 40.9 Å². The summed E-state index contributed by atoms with van der Waals surface area (Å²) in [7, 11) is 0. The van der Waals surface area contributed by atoms with Gasteiger partial charge in [0.1, 0.15) is 5.78 Å². The highest BCUT2D eigenvalue weighted by atomic mass is 16.1. The van der Waals surface area contributed by atoms with Crippen molar-refractivity contribution < 1.29 is 9.59 Å². The predicted octanol–water partition coefficient (Wildman–Crippen LogP) is 3.82. The summed E-state index contributed by atoms with van der Waals surface area (Å²) in [6.07, 6.45) is 10.5. The molecule has 0 radical (unpaired) electrons. The van der Waals surface area contributed by atoms with Gasteiger partial charge in [0.05, 0.1) is 5.71 Å². The van der Waals surface area contributed by atoms with Crippen LogP contribution in [0.4, 0.5) is 0 Å². The molecule has 3 fully saturated rings. The third-order valence-corrected chi connectivity index (χ3v) is 7.77. The lowest BCUT2D eigenvalue weighted by Crippen LogP contribution is -2.49. The lowest BCUT2D eigenvalue weighted by Gasteiger charge is -2.53. The number of allylic oxidation sites excluding steroid dienone is 2. The summed E-state index contributed by atoms with van der Waals surface area (Å²) >= 11 is 0. The van der Waals surface area contributed by atoms with E-state index in [1.807, 2.05) is 0 Å². The molecule has 0 amide bonds. The van der Waals surface area contributed by atoms with Crippen molar-refractivity contribution >= 4 is 17.3 Å². The largest absolute Gasteiger partial charge is 0.301 e. The number of rotatable bonds is 1. The van der Waals surface area contributed by atoms with Gasteiger partial charge in [0.15, 0.2) is 5.78 Å². The van der Waals surface area contributed by atoms with Crippen molar-refractivity contribution in [1.29, 1.82) is 5.41 Å². The number of fused-ring (bicyclic) bond motifs is 5. The molecule has 3 nitrogen and oxygen atoms in total. The third kappa shape index (κ3) is 2.04. The van der Waals surface area contributed by atoms with Gasteiger partial charge in [0.2, 0.25) is 0 Å². The molecule has 0 saturated heterocycles. The first-order valence-corrected chi connectivity index (χ1v) is 9.24. The van der Waals surface area contributed by atoms with E-state index in [1.54, 1.807) is 6.92 Å². The lowest BCUT2D eigenvalue weighted by molar-refractivity contribution is -0.126. The summed E-state index contributed by atoms with van der Waals surface area (Å²) < 4.78 is 0. The maximum atomic E-state index is 12.1. The van der Waals surface area contributed by atoms with E-state index in [2.05, 4.69) is 19.1 Å². The first-order chi connectivity index (χ1) is 10.9. The SMILES string of the molecule is CC(=O)[C@H]1CC[C@H]2[C@@H]3C=CC4C(=N)C(=O)CC[C@@H]4[C@H]3CC[C@]12C. The van der Waals surface area contributed by atoms with Gasteiger partial charge in [-0.3, -0.25) is 9.59 Å². The average Bonchev–Trinajstić information content (AvgIpc) is 2.88. The van der Waals surface area contributed by atoms with Gasteiger partial charge in [-0.15, -0.1) is 0 Å². The Morgan fingerprint density at radius 1 is 1.17 bits per heavy atom. The van der Waals surface area contributed by atoms with Crippen molar-refractivity contribution in [2.45, 2.75) is 52.4 Å². The van der Waals surface area contributed by atoms with Crippen molar-refractivity contribution in [3.8, 4) is 0 Å². The fourth-order valence-electron chi connectivity index (χ4n) is 6.65. The number of ketones is 2. The van der Waals surface area contributed by atoms with Crippen molar-refractivity contribution in [1.82, 2.24) is 0 Å². The van der Waals surface area contributed by atoms with E-state index in [0.29, 0.717) is 41.6 Å². The van der Waals surface area contributed by atoms with Gasteiger partial charge in [0.25, 0.3) is 0 Å². The molecule has 4 aliphatic rings. The van der Waals surface area contributed by atoms with Gasteiger partial charge in [-0.05, 0) is 68.1 Å². The molecule has 124 valence electrons. The molecule has 3 saturated carbocycles. The molecular formula is C20H27NO2. The van der Waals surface area contributed by atoms with Gasteiger partial charge < -0.3 is 5.41 Å². The molecule has 0 aromatic carbocycles. The molecule has 4 rings (SSSR count). The minimum absolute atomic E-state index is 0.0486. The van der Waals surface area contributed by atoms with E-state index >= 15 is 0 Å². The molecule has 1 N–H and O–H groups in total.